The van der Waals surface area contributed by atoms with Gasteiger partial charge in [-0.25, -0.2) is 0 Å². The number of nitrogens with one attached hydrogen (secondary N) is 1. The van der Waals surface area contributed by atoms with E-state index in [2.05, 4.69) is 15.3 Å². The topological polar surface area (TPSA) is 121 Å². The Labute approximate surface area is 118 Å². The Morgan fingerprint density at radius 3 is 2.57 bits per heavy atom. The van der Waals surface area contributed by atoms with Crippen LogP contribution in [-0.4, -0.2) is 10.8 Å². The van der Waals surface area contributed by atoms with Crippen molar-refractivity contribution in [1.29, 1.82) is 0 Å². The van der Waals surface area contributed by atoms with Crippen LogP contribution in [0.25, 0.3) is 10.4 Å². The Balaban J connectivity index is 2.35. The summed E-state index contributed by atoms with van der Waals surface area (Å²) in [5.74, 6) is -0.590. The average Bonchev–Trinajstić information content (AvgIpc) is 2.48. The summed E-state index contributed by atoms with van der Waals surface area (Å²) in [7, 11) is 0. The lowest BCUT2D eigenvalue weighted by Crippen LogP contribution is -2.13. The molecule has 0 heterocycles. The molecule has 0 aromatic heterocycles. The van der Waals surface area contributed by atoms with Crippen molar-refractivity contribution in [1.82, 2.24) is 0 Å². The van der Waals surface area contributed by atoms with Crippen LogP contribution in [0.1, 0.15) is 10.4 Å². The average molecular weight is 283 g/mol. The summed E-state index contributed by atoms with van der Waals surface area (Å²) in [6.45, 7) is 0. The maximum Gasteiger partial charge on any atom is 0.292 e. The standard InChI is InChI=1S/C13H9N5O3/c14-17-16-10-6-2-1-5-9(10)13(19)15-11-7-3-4-8-12(11)18(20)21/h1-8H,(H,15,19). The van der Waals surface area contributed by atoms with Gasteiger partial charge in [0.1, 0.15) is 5.69 Å². The van der Waals surface area contributed by atoms with Gasteiger partial charge < -0.3 is 5.32 Å². The van der Waals surface area contributed by atoms with E-state index in [1.807, 2.05) is 0 Å². The second-order valence-corrected chi connectivity index (χ2v) is 3.93. The van der Waals surface area contributed by atoms with Gasteiger partial charge in [-0.3, -0.25) is 14.9 Å². The number of benzene rings is 2. The Hall–Kier alpha value is -3.38. The predicted octanol–water partition coefficient (Wildman–Crippen LogP) is 3.79. The second kappa shape index (κ2) is 6.18. The molecule has 0 aliphatic heterocycles. The van der Waals surface area contributed by atoms with Crippen LogP contribution in [0.2, 0.25) is 0 Å². The summed E-state index contributed by atoms with van der Waals surface area (Å²) in [5.41, 5.74) is 8.61. The highest BCUT2D eigenvalue weighted by Crippen LogP contribution is 2.25. The van der Waals surface area contributed by atoms with E-state index in [1.54, 1.807) is 18.2 Å². The minimum absolute atomic E-state index is 0.0724. The van der Waals surface area contributed by atoms with Gasteiger partial charge in [0.15, 0.2) is 0 Å². The number of amides is 1. The van der Waals surface area contributed by atoms with Crippen molar-refractivity contribution < 1.29 is 9.72 Å². The first-order valence-electron chi connectivity index (χ1n) is 5.82. The van der Waals surface area contributed by atoms with E-state index in [4.69, 9.17) is 5.53 Å². The molecular formula is C13H9N5O3. The van der Waals surface area contributed by atoms with Gasteiger partial charge in [0.2, 0.25) is 0 Å². The number of hydrogen-bond donors (Lipinski definition) is 1. The molecule has 0 bridgehead atoms. The number of nitro benzene ring substituents is 1. The normalized spacial score (nSPS) is 9.52. The number of para-hydroxylation sites is 2. The van der Waals surface area contributed by atoms with Crippen molar-refractivity contribution in [3.05, 3.63) is 74.7 Å². The van der Waals surface area contributed by atoms with Gasteiger partial charge in [-0.1, -0.05) is 35.4 Å². The molecule has 0 fully saturated rings. The number of nitro groups is 1. The Kier molecular flexibility index (Phi) is 4.13. The molecule has 0 unspecified atom stereocenters. The summed E-state index contributed by atoms with van der Waals surface area (Å²) >= 11 is 0. The Morgan fingerprint density at radius 1 is 1.19 bits per heavy atom. The zero-order valence-electron chi connectivity index (χ0n) is 10.6. The number of carbonyl (C=O) groups is 1. The van der Waals surface area contributed by atoms with Crippen LogP contribution in [-0.2, 0) is 0 Å². The van der Waals surface area contributed by atoms with Gasteiger partial charge in [-0.05, 0) is 17.7 Å². The molecule has 2 rings (SSSR count). The van der Waals surface area contributed by atoms with Crippen molar-refractivity contribution in [2.75, 3.05) is 5.32 Å². The molecule has 0 spiro atoms. The molecule has 0 atom stereocenters. The number of carbonyl (C=O) groups excluding carboxylic acids is 1. The van der Waals surface area contributed by atoms with Gasteiger partial charge in [0, 0.05) is 16.5 Å². The van der Waals surface area contributed by atoms with E-state index in [-0.39, 0.29) is 22.6 Å². The Morgan fingerprint density at radius 2 is 1.86 bits per heavy atom. The van der Waals surface area contributed by atoms with Gasteiger partial charge in [-0.2, -0.15) is 0 Å². The Bertz CT molecular complexity index is 753. The minimum Gasteiger partial charge on any atom is -0.316 e. The lowest BCUT2D eigenvalue weighted by molar-refractivity contribution is -0.383. The van der Waals surface area contributed by atoms with Crippen molar-refractivity contribution >= 4 is 23.0 Å². The predicted molar refractivity (Wildman–Crippen MR) is 76.3 cm³/mol. The molecule has 0 aliphatic rings. The fourth-order valence-corrected chi connectivity index (χ4v) is 1.73. The van der Waals surface area contributed by atoms with Crippen LogP contribution < -0.4 is 5.32 Å². The molecule has 0 radical (unpaired) electrons. The molecule has 104 valence electrons. The minimum atomic E-state index is -0.590. The van der Waals surface area contributed by atoms with Crippen LogP contribution in [0.4, 0.5) is 17.1 Å². The summed E-state index contributed by atoms with van der Waals surface area (Å²) in [6.07, 6.45) is 0. The highest BCUT2D eigenvalue weighted by molar-refractivity contribution is 6.08. The summed E-state index contributed by atoms with van der Waals surface area (Å²) in [6, 6.07) is 11.9. The van der Waals surface area contributed by atoms with Crippen molar-refractivity contribution in [3.8, 4) is 0 Å². The molecular weight excluding hydrogens is 274 g/mol. The maximum absolute atomic E-state index is 12.2. The van der Waals surface area contributed by atoms with Crippen LogP contribution in [0, 0.1) is 10.1 Å². The maximum atomic E-state index is 12.2. The van der Waals surface area contributed by atoms with E-state index in [1.165, 1.54) is 30.3 Å². The van der Waals surface area contributed by atoms with Gasteiger partial charge in [0.25, 0.3) is 11.6 Å². The molecule has 8 heteroatoms. The molecule has 0 saturated carbocycles. The van der Waals surface area contributed by atoms with Gasteiger partial charge in [-0.15, -0.1) is 0 Å². The number of rotatable bonds is 4. The summed E-state index contributed by atoms with van der Waals surface area (Å²) in [4.78, 5) is 25.1. The van der Waals surface area contributed by atoms with Crippen LogP contribution >= 0.6 is 0 Å². The monoisotopic (exact) mass is 283 g/mol. The van der Waals surface area contributed by atoms with Crippen LogP contribution in [0.5, 0.6) is 0 Å². The fourth-order valence-electron chi connectivity index (χ4n) is 1.73. The fraction of sp³-hybridized carbons (Fsp3) is 0. The van der Waals surface area contributed by atoms with E-state index >= 15 is 0 Å². The first-order valence-corrected chi connectivity index (χ1v) is 5.82. The van der Waals surface area contributed by atoms with Crippen LogP contribution in [0.3, 0.4) is 0 Å². The van der Waals surface area contributed by atoms with Crippen molar-refractivity contribution in [2.45, 2.75) is 0 Å². The lowest BCUT2D eigenvalue weighted by atomic mass is 10.1. The smallest absolute Gasteiger partial charge is 0.292 e. The largest absolute Gasteiger partial charge is 0.316 e. The second-order valence-electron chi connectivity index (χ2n) is 3.93. The molecule has 21 heavy (non-hydrogen) atoms. The molecule has 1 amide bonds. The van der Waals surface area contributed by atoms with E-state index in [0.29, 0.717) is 0 Å². The number of hydrogen-bond acceptors (Lipinski definition) is 4. The number of azide groups is 1. The molecule has 1 N–H and O–H groups in total. The third-order valence-corrected chi connectivity index (χ3v) is 2.65. The van der Waals surface area contributed by atoms with E-state index in [9.17, 15) is 14.9 Å². The van der Waals surface area contributed by atoms with Crippen LogP contribution in [0.15, 0.2) is 53.6 Å². The van der Waals surface area contributed by atoms with Gasteiger partial charge in [0.05, 0.1) is 10.6 Å². The highest BCUT2D eigenvalue weighted by atomic mass is 16.6. The number of anilines is 1. The molecule has 0 aliphatic carbocycles. The van der Waals surface area contributed by atoms with Gasteiger partial charge >= 0.3 is 0 Å². The number of nitrogens with zero attached hydrogens (tertiary/aromatic N) is 4. The first kappa shape index (κ1) is 14.0. The quantitative estimate of drug-likeness (QED) is 0.302. The highest BCUT2D eigenvalue weighted by Gasteiger charge is 2.17. The third-order valence-electron chi connectivity index (χ3n) is 2.65. The van der Waals surface area contributed by atoms with Crippen molar-refractivity contribution in [3.63, 3.8) is 0 Å². The molecule has 2 aromatic carbocycles. The first-order chi connectivity index (χ1) is 10.1. The van der Waals surface area contributed by atoms with Crippen molar-refractivity contribution in [2.24, 2.45) is 5.11 Å². The third kappa shape index (κ3) is 3.14. The zero-order valence-corrected chi connectivity index (χ0v) is 10.6. The SMILES string of the molecule is [N-]=[N+]=Nc1ccccc1C(=O)Nc1ccccc1[N+](=O)[O-]. The summed E-state index contributed by atoms with van der Waals surface area (Å²) in [5, 5.41) is 16.8. The van der Waals surface area contributed by atoms with E-state index in [0.717, 1.165) is 0 Å². The van der Waals surface area contributed by atoms with E-state index < -0.39 is 10.8 Å². The molecule has 2 aromatic rings. The zero-order chi connectivity index (χ0) is 15.2. The molecule has 0 saturated heterocycles. The molecule has 8 nitrogen and oxygen atoms in total. The lowest BCUT2D eigenvalue weighted by Gasteiger charge is -2.07. The summed E-state index contributed by atoms with van der Waals surface area (Å²) < 4.78 is 0.